The summed E-state index contributed by atoms with van der Waals surface area (Å²) in [4.78, 5) is 0. The van der Waals surface area contributed by atoms with Crippen LogP contribution in [-0.4, -0.2) is 12.2 Å². The number of hydrogen-bond donors (Lipinski definition) is 2. The average Bonchev–Trinajstić information content (AvgIpc) is 2.46. The van der Waals surface area contributed by atoms with Gasteiger partial charge < -0.3 is 15.2 Å². The summed E-state index contributed by atoms with van der Waals surface area (Å²) in [6.07, 6.45) is 0.723. The summed E-state index contributed by atoms with van der Waals surface area (Å²) in [5.41, 5.74) is 2.06. The molecule has 2 unspecified atom stereocenters. The Bertz CT molecular complexity index is 630. The van der Waals surface area contributed by atoms with Gasteiger partial charge in [0.1, 0.15) is 17.6 Å². The minimum atomic E-state index is -0.0757. The fourth-order valence-corrected chi connectivity index (χ4v) is 2.82. The van der Waals surface area contributed by atoms with E-state index in [0.717, 1.165) is 23.3 Å². The number of benzene rings is 2. The normalized spacial score (nSPS) is 21.1. The molecule has 0 amide bonds. The van der Waals surface area contributed by atoms with Crippen LogP contribution in [0, 0.1) is 0 Å². The second-order valence-electron chi connectivity index (χ2n) is 4.96. The van der Waals surface area contributed by atoms with Gasteiger partial charge in [0.05, 0.1) is 0 Å². The van der Waals surface area contributed by atoms with Crippen LogP contribution in [0.5, 0.6) is 11.5 Å². The number of phenolic OH excluding ortho intramolecular Hbond substituents is 1. The predicted octanol–water partition coefficient (Wildman–Crippen LogP) is 3.83. The van der Waals surface area contributed by atoms with Crippen LogP contribution in [0.2, 0.25) is 5.02 Å². The van der Waals surface area contributed by atoms with Crippen LogP contribution in [0.1, 0.15) is 29.7 Å². The molecule has 0 saturated heterocycles. The fraction of sp³-hybridized carbons (Fsp3) is 0.250. The van der Waals surface area contributed by atoms with Gasteiger partial charge >= 0.3 is 0 Å². The van der Waals surface area contributed by atoms with Crippen molar-refractivity contribution in [1.29, 1.82) is 0 Å². The molecule has 1 aliphatic rings. The molecule has 0 fully saturated rings. The molecule has 0 spiro atoms. The number of halogens is 1. The van der Waals surface area contributed by atoms with Crippen molar-refractivity contribution in [3.63, 3.8) is 0 Å². The molecule has 3 rings (SSSR count). The number of phenols is 1. The van der Waals surface area contributed by atoms with E-state index in [1.165, 1.54) is 0 Å². The molecule has 0 aromatic heterocycles. The second-order valence-corrected chi connectivity index (χ2v) is 5.40. The highest BCUT2D eigenvalue weighted by molar-refractivity contribution is 6.30. The van der Waals surface area contributed by atoms with Crippen molar-refractivity contribution >= 4 is 11.6 Å². The summed E-state index contributed by atoms with van der Waals surface area (Å²) in [5.74, 6) is 1.10. The van der Waals surface area contributed by atoms with Crippen molar-refractivity contribution in [2.75, 3.05) is 7.05 Å². The Balaban J connectivity index is 1.96. The molecule has 4 heteroatoms. The van der Waals surface area contributed by atoms with Gasteiger partial charge in [-0.25, -0.2) is 0 Å². The Morgan fingerprint density at radius 3 is 2.85 bits per heavy atom. The van der Waals surface area contributed by atoms with E-state index >= 15 is 0 Å². The van der Waals surface area contributed by atoms with E-state index in [2.05, 4.69) is 5.32 Å². The Kier molecular flexibility index (Phi) is 3.55. The van der Waals surface area contributed by atoms with E-state index in [4.69, 9.17) is 16.3 Å². The van der Waals surface area contributed by atoms with Crippen LogP contribution in [0.3, 0.4) is 0 Å². The number of hydrogen-bond acceptors (Lipinski definition) is 3. The van der Waals surface area contributed by atoms with Crippen molar-refractivity contribution < 1.29 is 9.84 Å². The first-order chi connectivity index (χ1) is 9.67. The molecule has 0 radical (unpaired) electrons. The summed E-state index contributed by atoms with van der Waals surface area (Å²) in [6, 6.07) is 13.1. The lowest BCUT2D eigenvalue weighted by atomic mass is 9.93. The van der Waals surface area contributed by atoms with Crippen LogP contribution < -0.4 is 10.1 Å². The van der Waals surface area contributed by atoms with Crippen molar-refractivity contribution in [2.45, 2.75) is 18.6 Å². The molecule has 2 aromatic rings. The molecule has 0 aliphatic carbocycles. The lowest BCUT2D eigenvalue weighted by molar-refractivity contribution is 0.153. The van der Waals surface area contributed by atoms with Gasteiger partial charge in [0.25, 0.3) is 0 Å². The van der Waals surface area contributed by atoms with E-state index in [1.807, 2.05) is 37.4 Å². The zero-order valence-corrected chi connectivity index (χ0v) is 11.9. The quantitative estimate of drug-likeness (QED) is 0.883. The van der Waals surface area contributed by atoms with Crippen LogP contribution in [0.15, 0.2) is 42.5 Å². The van der Waals surface area contributed by atoms with E-state index in [0.29, 0.717) is 5.02 Å². The number of rotatable bonds is 2. The lowest BCUT2D eigenvalue weighted by Crippen LogP contribution is -2.26. The van der Waals surface area contributed by atoms with Crippen molar-refractivity contribution in [1.82, 2.24) is 5.32 Å². The molecular formula is C16H16ClNO2. The average molecular weight is 290 g/mol. The second kappa shape index (κ2) is 5.35. The van der Waals surface area contributed by atoms with Gasteiger partial charge in [-0.3, -0.25) is 0 Å². The maximum Gasteiger partial charge on any atom is 0.126 e. The predicted molar refractivity (Wildman–Crippen MR) is 79.3 cm³/mol. The number of ether oxygens (including phenoxy) is 1. The third kappa shape index (κ3) is 2.47. The molecule has 0 saturated carbocycles. The Morgan fingerprint density at radius 2 is 2.10 bits per heavy atom. The third-order valence-corrected chi connectivity index (χ3v) is 3.89. The van der Waals surface area contributed by atoms with E-state index in [9.17, 15) is 5.11 Å². The van der Waals surface area contributed by atoms with Crippen molar-refractivity contribution in [2.24, 2.45) is 0 Å². The summed E-state index contributed by atoms with van der Waals surface area (Å²) >= 11 is 6.06. The van der Waals surface area contributed by atoms with Gasteiger partial charge in [-0.15, -0.1) is 0 Å². The van der Waals surface area contributed by atoms with Gasteiger partial charge in [0, 0.05) is 23.0 Å². The summed E-state index contributed by atoms with van der Waals surface area (Å²) in [6.45, 7) is 0. The highest BCUT2D eigenvalue weighted by atomic mass is 35.5. The third-order valence-electron chi connectivity index (χ3n) is 3.66. The van der Waals surface area contributed by atoms with Gasteiger partial charge in [-0.1, -0.05) is 23.7 Å². The van der Waals surface area contributed by atoms with Crippen molar-refractivity contribution in [3.8, 4) is 11.5 Å². The summed E-state index contributed by atoms with van der Waals surface area (Å²) < 4.78 is 6.05. The zero-order valence-electron chi connectivity index (χ0n) is 11.1. The molecule has 1 aliphatic heterocycles. The van der Waals surface area contributed by atoms with E-state index in [1.54, 1.807) is 12.1 Å². The summed E-state index contributed by atoms with van der Waals surface area (Å²) in [5, 5.41) is 13.6. The highest BCUT2D eigenvalue weighted by Crippen LogP contribution is 2.42. The molecular weight excluding hydrogens is 274 g/mol. The summed E-state index contributed by atoms with van der Waals surface area (Å²) in [7, 11) is 1.93. The maximum atomic E-state index is 9.61. The Labute approximate surface area is 123 Å². The van der Waals surface area contributed by atoms with Crippen LogP contribution in [0.4, 0.5) is 0 Å². The van der Waals surface area contributed by atoms with Gasteiger partial charge in [0.15, 0.2) is 0 Å². The topological polar surface area (TPSA) is 41.5 Å². The number of aromatic hydroxyl groups is 1. The molecule has 2 atom stereocenters. The van der Waals surface area contributed by atoms with Gasteiger partial charge in [0.2, 0.25) is 0 Å². The standard InChI is InChI=1S/C16H16ClNO2/c1-18-14-9-16(10-3-2-4-12(19)7-10)20-15-6-5-11(17)8-13(14)15/h2-8,14,16,18-19H,9H2,1H3. The Hall–Kier alpha value is -1.71. The van der Waals surface area contributed by atoms with Crippen LogP contribution in [-0.2, 0) is 0 Å². The van der Waals surface area contributed by atoms with Gasteiger partial charge in [-0.05, 0) is 42.9 Å². The maximum absolute atomic E-state index is 9.61. The molecule has 2 N–H and O–H groups in total. The number of nitrogens with one attached hydrogen (secondary N) is 1. The van der Waals surface area contributed by atoms with E-state index in [-0.39, 0.29) is 17.9 Å². The van der Waals surface area contributed by atoms with E-state index < -0.39 is 0 Å². The minimum Gasteiger partial charge on any atom is -0.508 e. The van der Waals surface area contributed by atoms with Crippen LogP contribution >= 0.6 is 11.6 Å². The van der Waals surface area contributed by atoms with Crippen molar-refractivity contribution in [3.05, 3.63) is 58.6 Å². The highest BCUT2D eigenvalue weighted by Gasteiger charge is 2.28. The first-order valence-electron chi connectivity index (χ1n) is 6.59. The van der Waals surface area contributed by atoms with Crippen LogP contribution in [0.25, 0.3) is 0 Å². The number of fused-ring (bicyclic) bond motifs is 1. The fourth-order valence-electron chi connectivity index (χ4n) is 2.64. The minimum absolute atomic E-state index is 0.0757. The van der Waals surface area contributed by atoms with Gasteiger partial charge in [-0.2, -0.15) is 0 Å². The first kappa shape index (κ1) is 13.3. The molecule has 0 bridgehead atoms. The molecule has 3 nitrogen and oxygen atoms in total. The first-order valence-corrected chi connectivity index (χ1v) is 6.97. The molecule has 20 heavy (non-hydrogen) atoms. The largest absolute Gasteiger partial charge is 0.508 e. The zero-order chi connectivity index (χ0) is 14.1. The lowest BCUT2D eigenvalue weighted by Gasteiger charge is -2.32. The molecule has 104 valence electrons. The Morgan fingerprint density at radius 1 is 1.25 bits per heavy atom. The molecule has 2 aromatic carbocycles. The molecule has 1 heterocycles. The smallest absolute Gasteiger partial charge is 0.126 e. The monoisotopic (exact) mass is 289 g/mol. The SMILES string of the molecule is CNC1CC(c2cccc(O)c2)Oc2ccc(Cl)cc21.